The van der Waals surface area contributed by atoms with Gasteiger partial charge in [0.15, 0.2) is 0 Å². The molecular weight excluding hydrogens is 439 g/mol. The second-order valence-corrected chi connectivity index (χ2v) is 9.08. The Bertz CT molecular complexity index is 902. The normalized spacial score (nSPS) is 12.3. The van der Waals surface area contributed by atoms with Crippen molar-refractivity contribution in [3.05, 3.63) is 76.3 Å². The summed E-state index contributed by atoms with van der Waals surface area (Å²) in [5.41, 5.74) is 4.43. The first-order valence-electron chi connectivity index (χ1n) is 11.4. The number of rotatable bonds is 11. The molecule has 1 aromatic heterocycles. The molecule has 3 rings (SSSR count). The summed E-state index contributed by atoms with van der Waals surface area (Å²) in [7, 11) is 0. The summed E-state index contributed by atoms with van der Waals surface area (Å²) in [6, 6.07) is 19.3. The zero-order valence-electron chi connectivity index (χ0n) is 18.9. The molecule has 0 aliphatic rings. The average molecular weight is 471 g/mol. The van der Waals surface area contributed by atoms with Crippen molar-refractivity contribution in [3.8, 4) is 22.5 Å². The van der Waals surface area contributed by atoms with E-state index in [4.69, 9.17) is 28.2 Å². The van der Waals surface area contributed by atoms with E-state index in [1.54, 1.807) is 0 Å². The van der Waals surface area contributed by atoms with Crippen molar-refractivity contribution in [1.29, 1.82) is 0 Å². The number of aliphatic hydroxyl groups excluding tert-OH is 1. The van der Waals surface area contributed by atoms with Gasteiger partial charge in [-0.1, -0.05) is 74.2 Å². The molecule has 1 unspecified atom stereocenters. The molecular formula is C27H32Cl2N2O. The molecule has 1 N–H and O–H groups in total. The van der Waals surface area contributed by atoms with Crippen LogP contribution < -0.4 is 0 Å². The highest BCUT2D eigenvalue weighted by molar-refractivity contribution is 6.30. The summed E-state index contributed by atoms with van der Waals surface area (Å²) in [6.45, 7) is 7.03. The summed E-state index contributed by atoms with van der Waals surface area (Å²) in [6.07, 6.45) is 3.98. The molecule has 0 saturated carbocycles. The average Bonchev–Trinajstić information content (AvgIpc) is 2.81. The van der Waals surface area contributed by atoms with Gasteiger partial charge in [-0.05, 0) is 67.9 Å². The van der Waals surface area contributed by atoms with Crippen molar-refractivity contribution in [2.75, 3.05) is 19.6 Å². The topological polar surface area (TPSA) is 36.4 Å². The van der Waals surface area contributed by atoms with Crippen LogP contribution in [0.15, 0.2) is 60.7 Å². The fraction of sp³-hybridized carbons (Fsp3) is 0.370. The fourth-order valence-electron chi connectivity index (χ4n) is 3.69. The van der Waals surface area contributed by atoms with E-state index < -0.39 is 6.10 Å². The summed E-state index contributed by atoms with van der Waals surface area (Å²) in [5, 5.41) is 12.6. The minimum Gasteiger partial charge on any atom is -0.387 e. The Kier molecular flexibility index (Phi) is 9.55. The van der Waals surface area contributed by atoms with Gasteiger partial charge in [-0.15, -0.1) is 0 Å². The Hall–Kier alpha value is -1.91. The van der Waals surface area contributed by atoms with E-state index in [9.17, 15) is 5.11 Å². The lowest BCUT2D eigenvalue weighted by Gasteiger charge is -2.25. The van der Waals surface area contributed by atoms with Gasteiger partial charge in [0.2, 0.25) is 0 Å². The molecule has 0 radical (unpaired) electrons. The van der Waals surface area contributed by atoms with Crippen LogP contribution in [0, 0.1) is 0 Å². The van der Waals surface area contributed by atoms with Gasteiger partial charge >= 0.3 is 0 Å². The van der Waals surface area contributed by atoms with E-state index in [2.05, 4.69) is 18.7 Å². The van der Waals surface area contributed by atoms with Crippen molar-refractivity contribution in [1.82, 2.24) is 9.88 Å². The zero-order chi connectivity index (χ0) is 22.9. The predicted molar refractivity (Wildman–Crippen MR) is 136 cm³/mol. The predicted octanol–water partition coefficient (Wildman–Crippen LogP) is 7.66. The molecule has 0 aliphatic carbocycles. The van der Waals surface area contributed by atoms with Gasteiger partial charge in [0.1, 0.15) is 0 Å². The van der Waals surface area contributed by atoms with Crippen LogP contribution in [0.1, 0.15) is 51.2 Å². The second kappa shape index (κ2) is 12.4. The third kappa shape index (κ3) is 7.05. The molecule has 1 heterocycles. The van der Waals surface area contributed by atoms with E-state index in [1.807, 2.05) is 60.7 Å². The molecule has 0 amide bonds. The maximum absolute atomic E-state index is 11.2. The van der Waals surface area contributed by atoms with E-state index in [-0.39, 0.29) is 0 Å². The summed E-state index contributed by atoms with van der Waals surface area (Å²) >= 11 is 12.2. The van der Waals surface area contributed by atoms with Gasteiger partial charge in [0, 0.05) is 27.7 Å². The lowest BCUT2D eigenvalue weighted by Crippen LogP contribution is -2.30. The number of aromatic nitrogens is 1. The first-order valence-corrected chi connectivity index (χ1v) is 12.2. The van der Waals surface area contributed by atoms with E-state index in [0.29, 0.717) is 16.6 Å². The Morgan fingerprint density at radius 3 is 1.62 bits per heavy atom. The highest BCUT2D eigenvalue weighted by atomic mass is 35.5. The maximum Gasteiger partial charge on any atom is 0.0918 e. The van der Waals surface area contributed by atoms with Crippen molar-refractivity contribution in [2.24, 2.45) is 0 Å². The molecule has 2 aromatic carbocycles. The highest BCUT2D eigenvalue weighted by Gasteiger charge is 2.17. The number of unbranched alkanes of at least 4 members (excludes halogenated alkanes) is 2. The molecule has 0 aliphatic heterocycles. The zero-order valence-corrected chi connectivity index (χ0v) is 20.4. The fourth-order valence-corrected chi connectivity index (χ4v) is 3.94. The minimum atomic E-state index is -0.594. The van der Waals surface area contributed by atoms with Crippen molar-refractivity contribution >= 4 is 23.2 Å². The van der Waals surface area contributed by atoms with Crippen LogP contribution in [0.4, 0.5) is 0 Å². The largest absolute Gasteiger partial charge is 0.387 e. The smallest absolute Gasteiger partial charge is 0.0918 e. The van der Waals surface area contributed by atoms with Gasteiger partial charge in [-0.2, -0.15) is 0 Å². The van der Waals surface area contributed by atoms with Gasteiger partial charge in [-0.3, -0.25) is 0 Å². The van der Waals surface area contributed by atoms with Crippen LogP contribution in [0.25, 0.3) is 22.5 Å². The second-order valence-electron chi connectivity index (χ2n) is 8.21. The Morgan fingerprint density at radius 1 is 0.781 bits per heavy atom. The molecule has 3 nitrogen and oxygen atoms in total. The summed E-state index contributed by atoms with van der Waals surface area (Å²) in [5.74, 6) is 0. The third-order valence-electron chi connectivity index (χ3n) is 5.60. The molecule has 32 heavy (non-hydrogen) atoms. The highest BCUT2D eigenvalue weighted by Crippen LogP contribution is 2.29. The van der Waals surface area contributed by atoms with Gasteiger partial charge in [0.05, 0.1) is 17.5 Å². The first kappa shape index (κ1) is 24.7. The van der Waals surface area contributed by atoms with E-state index in [1.165, 1.54) is 0 Å². The molecule has 0 fully saturated rings. The molecule has 3 aromatic rings. The SMILES string of the molecule is CCCCN(CCCC)CC(O)c1cc(-c2ccc(Cl)cc2)nc(-c2ccc(Cl)cc2)c1. The quantitative estimate of drug-likeness (QED) is 0.312. The number of pyridine rings is 1. The molecule has 5 heteroatoms. The van der Waals surface area contributed by atoms with E-state index in [0.717, 1.165) is 66.9 Å². The van der Waals surface area contributed by atoms with Crippen LogP contribution in [-0.2, 0) is 0 Å². The Labute approximate surface area is 202 Å². The standard InChI is InChI=1S/C27H32Cl2N2O/c1-3-5-15-31(16-6-4-2)19-27(32)22-17-25(20-7-11-23(28)12-8-20)30-26(18-22)21-9-13-24(29)14-10-21/h7-14,17-18,27,32H,3-6,15-16,19H2,1-2H3. The summed E-state index contributed by atoms with van der Waals surface area (Å²) in [4.78, 5) is 7.26. The number of hydrogen-bond donors (Lipinski definition) is 1. The lowest BCUT2D eigenvalue weighted by atomic mass is 10.0. The van der Waals surface area contributed by atoms with E-state index >= 15 is 0 Å². The van der Waals surface area contributed by atoms with Crippen LogP contribution in [-0.4, -0.2) is 34.6 Å². The molecule has 0 saturated heterocycles. The number of nitrogens with zero attached hydrogens (tertiary/aromatic N) is 2. The molecule has 170 valence electrons. The van der Waals surface area contributed by atoms with Gasteiger partial charge in [0.25, 0.3) is 0 Å². The summed E-state index contributed by atoms with van der Waals surface area (Å²) < 4.78 is 0. The number of hydrogen-bond acceptors (Lipinski definition) is 3. The van der Waals surface area contributed by atoms with Crippen LogP contribution >= 0.6 is 23.2 Å². The Morgan fingerprint density at radius 2 is 1.22 bits per heavy atom. The lowest BCUT2D eigenvalue weighted by molar-refractivity contribution is 0.111. The number of benzene rings is 2. The number of halogens is 2. The first-order chi connectivity index (χ1) is 15.5. The molecule has 0 bridgehead atoms. The number of aliphatic hydroxyl groups is 1. The van der Waals surface area contributed by atoms with Crippen LogP contribution in [0.2, 0.25) is 10.0 Å². The van der Waals surface area contributed by atoms with Gasteiger partial charge < -0.3 is 10.0 Å². The van der Waals surface area contributed by atoms with Gasteiger partial charge in [-0.25, -0.2) is 4.98 Å². The van der Waals surface area contributed by atoms with Crippen molar-refractivity contribution in [3.63, 3.8) is 0 Å². The molecule has 1 atom stereocenters. The van der Waals surface area contributed by atoms with Crippen LogP contribution in [0.3, 0.4) is 0 Å². The van der Waals surface area contributed by atoms with Crippen LogP contribution in [0.5, 0.6) is 0 Å². The maximum atomic E-state index is 11.2. The van der Waals surface area contributed by atoms with Crippen molar-refractivity contribution < 1.29 is 5.11 Å². The third-order valence-corrected chi connectivity index (χ3v) is 6.10. The monoisotopic (exact) mass is 470 g/mol. The minimum absolute atomic E-state index is 0.594. The van der Waals surface area contributed by atoms with Crippen molar-refractivity contribution in [2.45, 2.75) is 45.6 Å². The molecule has 0 spiro atoms. The Balaban J connectivity index is 1.95.